The summed E-state index contributed by atoms with van der Waals surface area (Å²) in [5, 5.41) is 2.90. The second-order valence-electron chi connectivity index (χ2n) is 5.56. The average Bonchev–Trinajstić information content (AvgIpc) is 3.08. The van der Waals surface area contributed by atoms with E-state index in [0.717, 1.165) is 23.2 Å². The second-order valence-corrected chi connectivity index (χ2v) is 6.70. The van der Waals surface area contributed by atoms with Gasteiger partial charge in [-0.2, -0.15) is 0 Å². The number of thiophene rings is 1. The molecule has 0 unspecified atom stereocenters. The van der Waals surface area contributed by atoms with Gasteiger partial charge < -0.3 is 15.3 Å². The van der Waals surface area contributed by atoms with Crippen molar-refractivity contribution in [1.29, 1.82) is 0 Å². The number of hydrogen-bond acceptors (Lipinski definition) is 3. The lowest BCUT2D eigenvalue weighted by Crippen LogP contribution is -2.10. The lowest BCUT2D eigenvalue weighted by molar-refractivity contribution is 0.103. The van der Waals surface area contributed by atoms with Crippen molar-refractivity contribution in [1.82, 2.24) is 9.97 Å². The summed E-state index contributed by atoms with van der Waals surface area (Å²) < 4.78 is 0. The molecular formula is C16H15N3O2S. The number of carbonyl (C=O) groups is 1. The first-order valence-electron chi connectivity index (χ1n) is 7.34. The molecular weight excluding hydrogens is 298 g/mol. The Hall–Kier alpha value is -2.34. The number of fused-ring (bicyclic) bond motifs is 2. The molecule has 0 saturated heterocycles. The van der Waals surface area contributed by atoms with E-state index in [4.69, 9.17) is 0 Å². The molecule has 6 heteroatoms. The van der Waals surface area contributed by atoms with Crippen molar-refractivity contribution < 1.29 is 4.79 Å². The molecule has 2 heterocycles. The topological polar surface area (TPSA) is 77.8 Å². The highest BCUT2D eigenvalue weighted by Crippen LogP contribution is 2.30. The zero-order valence-electron chi connectivity index (χ0n) is 11.9. The number of anilines is 1. The van der Waals surface area contributed by atoms with E-state index in [1.807, 2.05) is 6.07 Å². The first-order valence-corrected chi connectivity index (χ1v) is 8.16. The molecule has 0 saturated carbocycles. The Labute approximate surface area is 130 Å². The number of carbonyl (C=O) groups excluding carboxylic acids is 1. The summed E-state index contributed by atoms with van der Waals surface area (Å²) in [6.45, 7) is 0. The minimum Gasteiger partial charge on any atom is -0.321 e. The Morgan fingerprint density at radius 1 is 1.09 bits per heavy atom. The number of nitrogens with one attached hydrogen (secondary N) is 3. The van der Waals surface area contributed by atoms with Gasteiger partial charge in [-0.3, -0.25) is 4.79 Å². The summed E-state index contributed by atoms with van der Waals surface area (Å²) in [6.07, 6.45) is 4.59. The van der Waals surface area contributed by atoms with Crippen molar-refractivity contribution in [3.63, 3.8) is 0 Å². The molecule has 2 aromatic heterocycles. The van der Waals surface area contributed by atoms with Crippen molar-refractivity contribution in [3.8, 4) is 0 Å². The predicted molar refractivity (Wildman–Crippen MR) is 87.8 cm³/mol. The largest absolute Gasteiger partial charge is 0.323 e. The van der Waals surface area contributed by atoms with E-state index in [9.17, 15) is 9.59 Å². The van der Waals surface area contributed by atoms with Crippen LogP contribution in [-0.2, 0) is 12.8 Å². The standard InChI is InChI=1S/C16H15N3O2S/c20-15(14-7-9-3-1-2-4-13(9)22-14)17-10-5-6-11-12(8-10)19-16(21)18-11/h5-8H,1-4H2,(H,17,20)(H2,18,19,21). The van der Waals surface area contributed by atoms with Crippen molar-refractivity contribution in [2.45, 2.75) is 25.7 Å². The SMILES string of the molecule is O=C(Nc1ccc2[nH]c(=O)[nH]c2c1)c1cc2c(s1)CCCC2. The van der Waals surface area contributed by atoms with Crippen LogP contribution in [0.1, 0.15) is 33.0 Å². The molecule has 22 heavy (non-hydrogen) atoms. The lowest BCUT2D eigenvalue weighted by atomic mass is 9.99. The summed E-state index contributed by atoms with van der Waals surface area (Å²) in [6, 6.07) is 7.35. The van der Waals surface area contributed by atoms with Crippen LogP contribution in [0.4, 0.5) is 5.69 Å². The molecule has 112 valence electrons. The van der Waals surface area contributed by atoms with E-state index in [0.29, 0.717) is 11.2 Å². The fraction of sp³-hybridized carbons (Fsp3) is 0.250. The quantitative estimate of drug-likeness (QED) is 0.680. The number of aryl methyl sites for hydroxylation is 2. The molecule has 5 nitrogen and oxygen atoms in total. The highest BCUT2D eigenvalue weighted by atomic mass is 32.1. The summed E-state index contributed by atoms with van der Waals surface area (Å²) >= 11 is 1.59. The maximum Gasteiger partial charge on any atom is 0.323 e. The Morgan fingerprint density at radius 3 is 2.77 bits per heavy atom. The third kappa shape index (κ3) is 2.35. The number of rotatable bonds is 2. The molecule has 4 rings (SSSR count). The summed E-state index contributed by atoms with van der Waals surface area (Å²) in [4.78, 5) is 31.1. The zero-order chi connectivity index (χ0) is 15.1. The van der Waals surface area contributed by atoms with Gasteiger partial charge in [0, 0.05) is 10.6 Å². The molecule has 0 bridgehead atoms. The molecule has 0 atom stereocenters. The molecule has 0 spiro atoms. The highest BCUT2D eigenvalue weighted by Gasteiger charge is 2.17. The maximum atomic E-state index is 12.4. The Morgan fingerprint density at radius 2 is 1.91 bits per heavy atom. The van der Waals surface area contributed by atoms with Crippen LogP contribution in [0.2, 0.25) is 0 Å². The zero-order valence-corrected chi connectivity index (χ0v) is 12.7. The van der Waals surface area contributed by atoms with E-state index in [2.05, 4.69) is 15.3 Å². The smallest absolute Gasteiger partial charge is 0.321 e. The second kappa shape index (κ2) is 5.14. The predicted octanol–water partition coefficient (Wildman–Crippen LogP) is 3.05. The van der Waals surface area contributed by atoms with Crippen LogP contribution in [0.5, 0.6) is 0 Å². The van der Waals surface area contributed by atoms with Gasteiger partial charge >= 0.3 is 5.69 Å². The number of aromatic amines is 2. The monoisotopic (exact) mass is 313 g/mol. The van der Waals surface area contributed by atoms with Crippen LogP contribution in [0.15, 0.2) is 29.1 Å². The average molecular weight is 313 g/mol. The lowest BCUT2D eigenvalue weighted by Gasteiger charge is -2.08. The first-order chi connectivity index (χ1) is 10.7. The Bertz CT molecular complexity index is 896. The number of H-pyrrole nitrogens is 2. The molecule has 3 aromatic rings. The third-order valence-electron chi connectivity index (χ3n) is 3.99. The molecule has 1 amide bonds. The minimum atomic E-state index is -0.246. The number of benzene rings is 1. The molecule has 1 aromatic carbocycles. The van der Waals surface area contributed by atoms with E-state index in [1.54, 1.807) is 29.5 Å². The van der Waals surface area contributed by atoms with Crippen molar-refractivity contribution >= 4 is 34.0 Å². The van der Waals surface area contributed by atoms with Gasteiger partial charge in [0.1, 0.15) is 0 Å². The van der Waals surface area contributed by atoms with E-state index in [-0.39, 0.29) is 11.6 Å². The normalized spacial score (nSPS) is 14.0. The van der Waals surface area contributed by atoms with E-state index in [1.165, 1.54) is 23.3 Å². The van der Waals surface area contributed by atoms with Gasteiger partial charge in [-0.05, 0) is 55.5 Å². The first kappa shape index (κ1) is 13.3. The van der Waals surface area contributed by atoms with Crippen LogP contribution in [0.25, 0.3) is 11.0 Å². The molecule has 0 radical (unpaired) electrons. The summed E-state index contributed by atoms with van der Waals surface area (Å²) in [5.74, 6) is -0.0865. The number of imidazole rings is 1. The van der Waals surface area contributed by atoms with Gasteiger partial charge in [0.2, 0.25) is 0 Å². The maximum absolute atomic E-state index is 12.4. The number of hydrogen-bond donors (Lipinski definition) is 3. The highest BCUT2D eigenvalue weighted by molar-refractivity contribution is 7.14. The van der Waals surface area contributed by atoms with Crippen LogP contribution in [0.3, 0.4) is 0 Å². The van der Waals surface area contributed by atoms with Crippen molar-refractivity contribution in [3.05, 3.63) is 50.1 Å². The Kier molecular flexibility index (Phi) is 3.11. The van der Waals surface area contributed by atoms with Crippen LogP contribution in [0, 0.1) is 0 Å². The molecule has 0 fully saturated rings. The van der Waals surface area contributed by atoms with Gasteiger partial charge in [0.25, 0.3) is 5.91 Å². The van der Waals surface area contributed by atoms with E-state index < -0.39 is 0 Å². The van der Waals surface area contributed by atoms with Gasteiger partial charge in [-0.1, -0.05) is 0 Å². The van der Waals surface area contributed by atoms with Crippen LogP contribution in [-0.4, -0.2) is 15.9 Å². The summed E-state index contributed by atoms with van der Waals surface area (Å²) in [7, 11) is 0. The van der Waals surface area contributed by atoms with Gasteiger partial charge in [0.05, 0.1) is 15.9 Å². The van der Waals surface area contributed by atoms with Gasteiger partial charge in [0.15, 0.2) is 0 Å². The summed E-state index contributed by atoms with van der Waals surface area (Å²) in [5.41, 5.74) is 3.18. The van der Waals surface area contributed by atoms with Crippen molar-refractivity contribution in [2.24, 2.45) is 0 Å². The molecule has 3 N–H and O–H groups in total. The molecule has 0 aliphatic heterocycles. The Balaban J connectivity index is 1.59. The fourth-order valence-electron chi connectivity index (χ4n) is 2.91. The third-order valence-corrected chi connectivity index (χ3v) is 5.23. The van der Waals surface area contributed by atoms with E-state index >= 15 is 0 Å². The van der Waals surface area contributed by atoms with Gasteiger partial charge in [-0.25, -0.2) is 4.79 Å². The minimum absolute atomic E-state index is 0.0865. The number of aromatic nitrogens is 2. The van der Waals surface area contributed by atoms with Crippen molar-refractivity contribution in [2.75, 3.05) is 5.32 Å². The van der Waals surface area contributed by atoms with Crippen LogP contribution < -0.4 is 11.0 Å². The van der Waals surface area contributed by atoms with Gasteiger partial charge in [-0.15, -0.1) is 11.3 Å². The number of amides is 1. The molecule has 1 aliphatic carbocycles. The fourth-order valence-corrected chi connectivity index (χ4v) is 4.05. The molecule has 1 aliphatic rings. The van der Waals surface area contributed by atoms with Crippen LogP contribution >= 0.6 is 11.3 Å².